The van der Waals surface area contributed by atoms with E-state index in [4.69, 9.17) is 23.2 Å². The summed E-state index contributed by atoms with van der Waals surface area (Å²) in [4.78, 5) is 29.4. The third-order valence-electron chi connectivity index (χ3n) is 5.44. The van der Waals surface area contributed by atoms with E-state index in [0.29, 0.717) is 34.7 Å². The molecular formula is C19H26Cl3N3O2. The van der Waals surface area contributed by atoms with Crippen LogP contribution in [0.15, 0.2) is 18.2 Å². The van der Waals surface area contributed by atoms with Crippen LogP contribution in [0.4, 0.5) is 0 Å². The normalized spacial score (nSPS) is 20.9. The molecular weight excluding hydrogens is 409 g/mol. The highest BCUT2D eigenvalue weighted by atomic mass is 35.5. The van der Waals surface area contributed by atoms with Gasteiger partial charge in [0.2, 0.25) is 5.91 Å². The maximum Gasteiger partial charge on any atom is 0.253 e. The number of nitrogens with zero attached hydrogens (tertiary/aromatic N) is 2. The molecule has 27 heavy (non-hydrogen) atoms. The molecule has 2 heterocycles. The number of benzene rings is 1. The first-order chi connectivity index (χ1) is 12.5. The molecule has 0 radical (unpaired) electrons. The van der Waals surface area contributed by atoms with Crippen molar-refractivity contribution >= 4 is 47.4 Å². The SMILES string of the molecule is CNC1CCN(C(=O)C2CCCN(C(=O)c3ccc(Cl)c(Cl)c3)C2)CC1.Cl. The zero-order chi connectivity index (χ0) is 18.7. The fraction of sp³-hybridized carbons (Fsp3) is 0.579. The van der Waals surface area contributed by atoms with Crippen LogP contribution in [0.1, 0.15) is 36.0 Å². The van der Waals surface area contributed by atoms with Gasteiger partial charge in [-0.2, -0.15) is 0 Å². The van der Waals surface area contributed by atoms with E-state index >= 15 is 0 Å². The number of carbonyl (C=O) groups excluding carboxylic acids is 2. The second-order valence-corrected chi connectivity index (χ2v) is 7.92. The molecule has 2 aliphatic rings. The molecule has 2 amide bonds. The monoisotopic (exact) mass is 433 g/mol. The van der Waals surface area contributed by atoms with Gasteiger partial charge in [0.15, 0.2) is 0 Å². The van der Waals surface area contributed by atoms with Crippen LogP contribution in [0.25, 0.3) is 0 Å². The van der Waals surface area contributed by atoms with Gasteiger partial charge in [-0.15, -0.1) is 12.4 Å². The van der Waals surface area contributed by atoms with Crippen molar-refractivity contribution in [2.45, 2.75) is 31.7 Å². The predicted octanol–water partition coefficient (Wildman–Crippen LogP) is 3.48. The predicted molar refractivity (Wildman–Crippen MR) is 111 cm³/mol. The zero-order valence-corrected chi connectivity index (χ0v) is 17.7. The van der Waals surface area contributed by atoms with Crippen molar-refractivity contribution in [3.63, 3.8) is 0 Å². The van der Waals surface area contributed by atoms with Crippen LogP contribution < -0.4 is 5.32 Å². The molecule has 2 aliphatic heterocycles. The van der Waals surface area contributed by atoms with Gasteiger partial charge in [-0.1, -0.05) is 23.2 Å². The molecule has 0 spiro atoms. The largest absolute Gasteiger partial charge is 0.342 e. The first kappa shape index (κ1) is 22.3. The average Bonchev–Trinajstić information content (AvgIpc) is 2.69. The average molecular weight is 435 g/mol. The van der Waals surface area contributed by atoms with Gasteiger partial charge in [0.1, 0.15) is 0 Å². The molecule has 1 aromatic carbocycles. The van der Waals surface area contributed by atoms with Crippen LogP contribution >= 0.6 is 35.6 Å². The summed E-state index contributed by atoms with van der Waals surface area (Å²) in [6, 6.07) is 5.42. The van der Waals surface area contributed by atoms with Crippen molar-refractivity contribution in [1.82, 2.24) is 15.1 Å². The van der Waals surface area contributed by atoms with E-state index in [2.05, 4.69) is 5.32 Å². The van der Waals surface area contributed by atoms with Gasteiger partial charge < -0.3 is 15.1 Å². The zero-order valence-electron chi connectivity index (χ0n) is 15.4. The Kier molecular flexibility index (Phi) is 8.22. The van der Waals surface area contributed by atoms with Crippen molar-refractivity contribution < 1.29 is 9.59 Å². The Labute approximate surface area is 176 Å². The minimum Gasteiger partial charge on any atom is -0.342 e. The summed E-state index contributed by atoms with van der Waals surface area (Å²) in [6.07, 6.45) is 3.66. The fourth-order valence-electron chi connectivity index (χ4n) is 3.82. The van der Waals surface area contributed by atoms with Crippen LogP contribution in [-0.4, -0.2) is 60.9 Å². The smallest absolute Gasteiger partial charge is 0.253 e. The molecule has 8 heteroatoms. The second-order valence-electron chi connectivity index (χ2n) is 7.11. The minimum atomic E-state index is -0.110. The highest BCUT2D eigenvalue weighted by Gasteiger charge is 2.33. The molecule has 0 saturated carbocycles. The number of amides is 2. The highest BCUT2D eigenvalue weighted by molar-refractivity contribution is 6.42. The molecule has 1 N–H and O–H groups in total. The lowest BCUT2D eigenvalue weighted by atomic mass is 9.94. The molecule has 5 nitrogen and oxygen atoms in total. The third kappa shape index (κ3) is 5.29. The van der Waals surface area contributed by atoms with E-state index in [0.717, 1.165) is 38.8 Å². The summed E-state index contributed by atoms with van der Waals surface area (Å²) in [5.41, 5.74) is 0.516. The Morgan fingerprint density at radius 3 is 2.37 bits per heavy atom. The van der Waals surface area contributed by atoms with E-state index in [1.807, 2.05) is 11.9 Å². The lowest BCUT2D eigenvalue weighted by Crippen LogP contribution is -2.50. The summed E-state index contributed by atoms with van der Waals surface area (Å²) in [7, 11) is 1.97. The Morgan fingerprint density at radius 2 is 1.74 bits per heavy atom. The highest BCUT2D eigenvalue weighted by Crippen LogP contribution is 2.26. The van der Waals surface area contributed by atoms with Crippen molar-refractivity contribution in [3.8, 4) is 0 Å². The Bertz CT molecular complexity index is 678. The van der Waals surface area contributed by atoms with Crippen LogP contribution in [0, 0.1) is 5.92 Å². The van der Waals surface area contributed by atoms with Crippen LogP contribution in [-0.2, 0) is 4.79 Å². The standard InChI is InChI=1S/C19H25Cl2N3O2.ClH/c1-22-15-6-9-23(10-7-15)19(26)14-3-2-8-24(12-14)18(25)13-4-5-16(20)17(21)11-13;/h4-5,11,14-15,22H,2-3,6-10,12H2,1H3;1H. The Morgan fingerprint density at radius 1 is 1.04 bits per heavy atom. The molecule has 1 aromatic rings. The molecule has 2 fully saturated rings. The fourth-order valence-corrected chi connectivity index (χ4v) is 4.12. The van der Waals surface area contributed by atoms with E-state index < -0.39 is 0 Å². The first-order valence-electron chi connectivity index (χ1n) is 9.20. The summed E-state index contributed by atoms with van der Waals surface area (Å²) < 4.78 is 0. The van der Waals surface area contributed by atoms with E-state index in [-0.39, 0.29) is 30.1 Å². The van der Waals surface area contributed by atoms with E-state index in [1.165, 1.54) is 0 Å². The van der Waals surface area contributed by atoms with Gasteiger partial charge in [0, 0.05) is 37.8 Å². The number of carbonyl (C=O) groups is 2. The van der Waals surface area contributed by atoms with Gasteiger partial charge in [-0.25, -0.2) is 0 Å². The lowest BCUT2D eigenvalue weighted by molar-refractivity contribution is -0.138. The molecule has 2 saturated heterocycles. The maximum atomic E-state index is 12.9. The molecule has 150 valence electrons. The number of hydrogen-bond acceptors (Lipinski definition) is 3. The molecule has 1 atom stereocenters. The van der Waals surface area contributed by atoms with Gasteiger partial charge in [-0.3, -0.25) is 9.59 Å². The summed E-state index contributed by atoms with van der Waals surface area (Å²) in [5, 5.41) is 4.08. The first-order valence-corrected chi connectivity index (χ1v) is 9.95. The van der Waals surface area contributed by atoms with E-state index in [1.54, 1.807) is 23.1 Å². The number of nitrogens with one attached hydrogen (secondary N) is 1. The summed E-state index contributed by atoms with van der Waals surface area (Å²) in [6.45, 7) is 2.73. The van der Waals surface area contributed by atoms with Gasteiger partial charge in [0.05, 0.1) is 16.0 Å². The number of likely N-dealkylation sites (tertiary alicyclic amines) is 2. The summed E-state index contributed by atoms with van der Waals surface area (Å²) >= 11 is 12.0. The molecule has 0 aliphatic carbocycles. The number of piperidine rings is 2. The van der Waals surface area contributed by atoms with Crippen LogP contribution in [0.5, 0.6) is 0 Å². The molecule has 1 unspecified atom stereocenters. The van der Waals surface area contributed by atoms with Crippen LogP contribution in [0.3, 0.4) is 0 Å². The minimum absolute atomic E-state index is 0. The molecule has 0 bridgehead atoms. The molecule has 3 rings (SSSR count). The quantitative estimate of drug-likeness (QED) is 0.792. The van der Waals surface area contributed by atoms with Gasteiger partial charge >= 0.3 is 0 Å². The van der Waals surface area contributed by atoms with Crippen molar-refractivity contribution in [1.29, 1.82) is 0 Å². The van der Waals surface area contributed by atoms with Crippen molar-refractivity contribution in [2.75, 3.05) is 33.2 Å². The Balaban J connectivity index is 0.00000261. The lowest BCUT2D eigenvalue weighted by Gasteiger charge is -2.37. The second kappa shape index (κ2) is 9.97. The van der Waals surface area contributed by atoms with Gasteiger partial charge in [-0.05, 0) is 50.9 Å². The van der Waals surface area contributed by atoms with Crippen molar-refractivity contribution in [2.24, 2.45) is 5.92 Å². The molecule has 0 aromatic heterocycles. The van der Waals surface area contributed by atoms with Crippen molar-refractivity contribution in [3.05, 3.63) is 33.8 Å². The van der Waals surface area contributed by atoms with Crippen LogP contribution in [0.2, 0.25) is 10.0 Å². The van der Waals surface area contributed by atoms with Gasteiger partial charge in [0.25, 0.3) is 5.91 Å². The van der Waals surface area contributed by atoms with E-state index in [9.17, 15) is 9.59 Å². The number of rotatable bonds is 3. The number of halogens is 3. The summed E-state index contributed by atoms with van der Waals surface area (Å²) in [5.74, 6) is -0.0113. The topological polar surface area (TPSA) is 52.7 Å². The maximum absolute atomic E-state index is 12.9. The number of hydrogen-bond donors (Lipinski definition) is 1. The Hall–Kier alpha value is -1.01. The third-order valence-corrected chi connectivity index (χ3v) is 6.18.